The van der Waals surface area contributed by atoms with Gasteiger partial charge < -0.3 is 10.2 Å². The Labute approximate surface area is 143 Å². The van der Waals surface area contributed by atoms with E-state index in [-0.39, 0.29) is 24.4 Å². The van der Waals surface area contributed by atoms with E-state index in [9.17, 15) is 4.79 Å². The number of nitrogens with one attached hydrogen (secondary N) is 1. The lowest BCUT2D eigenvalue weighted by Gasteiger charge is -2.15. The first kappa shape index (κ1) is 16.0. The van der Waals surface area contributed by atoms with Crippen LogP contribution in [0.5, 0.6) is 0 Å². The van der Waals surface area contributed by atoms with Gasteiger partial charge in [0, 0.05) is 16.3 Å². The molecule has 23 heavy (non-hydrogen) atoms. The molecule has 0 bridgehead atoms. The van der Waals surface area contributed by atoms with Gasteiger partial charge >= 0.3 is 0 Å². The van der Waals surface area contributed by atoms with Crippen molar-refractivity contribution in [1.29, 1.82) is 0 Å². The quantitative estimate of drug-likeness (QED) is 0.743. The highest BCUT2D eigenvalue weighted by atomic mass is 35.5. The first-order chi connectivity index (χ1) is 10.7. The van der Waals surface area contributed by atoms with Crippen LogP contribution in [0.1, 0.15) is 27.3 Å². The molecule has 1 aromatic carbocycles. The number of hydrogen-bond acceptors (Lipinski definition) is 5. The number of hydrogen-bond donors (Lipinski definition) is 2. The van der Waals surface area contributed by atoms with Gasteiger partial charge in [-0.2, -0.15) is 0 Å². The number of benzene rings is 1. The molecule has 1 aliphatic rings. The Hall–Kier alpha value is -1.89. The summed E-state index contributed by atoms with van der Waals surface area (Å²) in [5.74, 6) is -0.194. The van der Waals surface area contributed by atoms with Crippen LogP contribution in [0.25, 0.3) is 11.0 Å². The average Bonchev–Trinajstić information content (AvgIpc) is 3.09. The molecule has 3 N–H and O–H groups in total. The number of carbonyl (C=O) groups is 1. The van der Waals surface area contributed by atoms with E-state index in [1.54, 1.807) is 0 Å². The van der Waals surface area contributed by atoms with E-state index in [4.69, 9.17) is 10.2 Å². The number of nitrogens with two attached hydrogens (primary N) is 1. The SMILES string of the molecule is Cl.N[C@H]1CCc2nc(NC(=O)c3coc4ccccc34)sc2C1. The zero-order chi connectivity index (χ0) is 15.1. The second-order valence-electron chi connectivity index (χ2n) is 5.49. The number of anilines is 1. The third-order valence-corrected chi connectivity index (χ3v) is 4.96. The monoisotopic (exact) mass is 349 g/mol. The van der Waals surface area contributed by atoms with E-state index in [1.165, 1.54) is 22.5 Å². The Kier molecular flexibility index (Phi) is 4.39. The highest BCUT2D eigenvalue weighted by Gasteiger charge is 2.21. The number of rotatable bonds is 2. The van der Waals surface area contributed by atoms with E-state index in [0.717, 1.165) is 30.3 Å². The number of fused-ring (bicyclic) bond motifs is 2. The summed E-state index contributed by atoms with van der Waals surface area (Å²) in [4.78, 5) is 18.1. The molecule has 1 amide bonds. The fourth-order valence-corrected chi connectivity index (χ4v) is 3.87. The molecular formula is C16H16ClN3O2S. The fourth-order valence-electron chi connectivity index (χ4n) is 2.77. The number of halogens is 1. The molecule has 3 aromatic rings. The van der Waals surface area contributed by atoms with Gasteiger partial charge in [-0.3, -0.25) is 10.1 Å². The number of para-hydroxylation sites is 1. The Morgan fingerprint density at radius 3 is 3.09 bits per heavy atom. The predicted molar refractivity (Wildman–Crippen MR) is 93.5 cm³/mol. The topological polar surface area (TPSA) is 81.1 Å². The molecule has 0 saturated carbocycles. The molecule has 1 aliphatic carbocycles. The molecule has 0 saturated heterocycles. The van der Waals surface area contributed by atoms with E-state index in [2.05, 4.69) is 10.3 Å². The minimum absolute atomic E-state index is 0. The maximum atomic E-state index is 12.4. The molecule has 0 radical (unpaired) electrons. The number of nitrogens with zero attached hydrogens (tertiary/aromatic N) is 1. The van der Waals surface area contributed by atoms with Gasteiger partial charge in [-0.1, -0.05) is 18.2 Å². The molecule has 0 fully saturated rings. The molecule has 0 spiro atoms. The van der Waals surface area contributed by atoms with Gasteiger partial charge in [-0.05, 0) is 25.3 Å². The molecule has 4 rings (SSSR count). The zero-order valence-corrected chi connectivity index (χ0v) is 13.9. The Balaban J connectivity index is 0.00000156. The second kappa shape index (κ2) is 6.31. The number of thiazole rings is 1. The first-order valence-corrected chi connectivity index (χ1v) is 8.04. The maximum absolute atomic E-state index is 12.4. The second-order valence-corrected chi connectivity index (χ2v) is 6.58. The van der Waals surface area contributed by atoms with Gasteiger partial charge in [0.25, 0.3) is 5.91 Å². The van der Waals surface area contributed by atoms with Crippen molar-refractivity contribution in [3.05, 3.63) is 46.7 Å². The van der Waals surface area contributed by atoms with Crippen LogP contribution in [0.4, 0.5) is 5.13 Å². The molecule has 120 valence electrons. The van der Waals surface area contributed by atoms with Crippen molar-refractivity contribution in [2.75, 3.05) is 5.32 Å². The van der Waals surface area contributed by atoms with Crippen LogP contribution in [0.3, 0.4) is 0 Å². The minimum Gasteiger partial charge on any atom is -0.463 e. The maximum Gasteiger partial charge on any atom is 0.261 e. The fraction of sp³-hybridized carbons (Fsp3) is 0.250. The number of carbonyl (C=O) groups excluding carboxylic acids is 1. The smallest absolute Gasteiger partial charge is 0.261 e. The van der Waals surface area contributed by atoms with Crippen LogP contribution in [0, 0.1) is 0 Å². The van der Waals surface area contributed by atoms with Crippen LogP contribution in [-0.4, -0.2) is 16.9 Å². The van der Waals surface area contributed by atoms with Crippen LogP contribution < -0.4 is 11.1 Å². The molecule has 0 aliphatic heterocycles. The highest BCUT2D eigenvalue weighted by Crippen LogP contribution is 2.30. The third-order valence-electron chi connectivity index (χ3n) is 3.92. The first-order valence-electron chi connectivity index (χ1n) is 7.22. The Morgan fingerprint density at radius 2 is 2.22 bits per heavy atom. The lowest BCUT2D eigenvalue weighted by atomic mass is 9.99. The van der Waals surface area contributed by atoms with Gasteiger partial charge in [0.05, 0.1) is 11.3 Å². The normalized spacial score (nSPS) is 16.7. The number of aromatic nitrogens is 1. The summed E-state index contributed by atoms with van der Waals surface area (Å²) in [5.41, 5.74) is 8.28. The standard InChI is InChI=1S/C16H15N3O2S.ClH/c17-9-5-6-12-14(7-9)22-16(18-12)19-15(20)11-8-21-13-4-2-1-3-10(11)13;/h1-4,8-9H,5-7,17H2,(H,18,19,20);1H/t9-;/m0./s1. The molecule has 2 heterocycles. The summed E-state index contributed by atoms with van der Waals surface area (Å²) in [6.45, 7) is 0. The van der Waals surface area contributed by atoms with Gasteiger partial charge in [-0.15, -0.1) is 23.7 Å². The summed E-state index contributed by atoms with van der Waals surface area (Å²) >= 11 is 1.52. The number of amides is 1. The van der Waals surface area contributed by atoms with Gasteiger partial charge in [0.1, 0.15) is 11.8 Å². The van der Waals surface area contributed by atoms with Crippen LogP contribution in [0.15, 0.2) is 34.9 Å². The molecule has 7 heteroatoms. The van der Waals surface area contributed by atoms with Crippen LogP contribution in [0.2, 0.25) is 0 Å². The van der Waals surface area contributed by atoms with Gasteiger partial charge in [0.2, 0.25) is 0 Å². The lowest BCUT2D eigenvalue weighted by molar-refractivity contribution is 0.102. The summed E-state index contributed by atoms with van der Waals surface area (Å²) in [6.07, 6.45) is 4.18. The van der Waals surface area contributed by atoms with Crippen molar-refractivity contribution in [3.63, 3.8) is 0 Å². The van der Waals surface area contributed by atoms with E-state index in [0.29, 0.717) is 16.3 Å². The number of aryl methyl sites for hydroxylation is 1. The predicted octanol–water partition coefficient (Wildman–Crippen LogP) is 3.38. The molecule has 2 aromatic heterocycles. The molecule has 1 atom stereocenters. The summed E-state index contributed by atoms with van der Waals surface area (Å²) in [5, 5.41) is 4.32. The molecule has 0 unspecified atom stereocenters. The van der Waals surface area contributed by atoms with Gasteiger partial charge in [0.15, 0.2) is 5.13 Å². The van der Waals surface area contributed by atoms with Crippen LogP contribution in [-0.2, 0) is 12.8 Å². The largest absolute Gasteiger partial charge is 0.463 e. The Morgan fingerprint density at radius 1 is 1.39 bits per heavy atom. The summed E-state index contributed by atoms with van der Waals surface area (Å²) in [7, 11) is 0. The van der Waals surface area contributed by atoms with Crippen molar-refractivity contribution < 1.29 is 9.21 Å². The van der Waals surface area contributed by atoms with E-state index in [1.807, 2.05) is 24.3 Å². The number of furan rings is 1. The lowest BCUT2D eigenvalue weighted by Crippen LogP contribution is -2.27. The van der Waals surface area contributed by atoms with Gasteiger partial charge in [-0.25, -0.2) is 4.98 Å². The van der Waals surface area contributed by atoms with Crippen molar-refractivity contribution >= 4 is 45.8 Å². The van der Waals surface area contributed by atoms with E-state index < -0.39 is 0 Å². The summed E-state index contributed by atoms with van der Waals surface area (Å²) < 4.78 is 5.41. The highest BCUT2D eigenvalue weighted by molar-refractivity contribution is 7.15. The zero-order valence-electron chi connectivity index (χ0n) is 12.2. The molecular weight excluding hydrogens is 334 g/mol. The van der Waals surface area contributed by atoms with Crippen molar-refractivity contribution in [2.45, 2.75) is 25.3 Å². The third kappa shape index (κ3) is 2.97. The van der Waals surface area contributed by atoms with Crippen molar-refractivity contribution in [2.24, 2.45) is 5.73 Å². The van der Waals surface area contributed by atoms with Crippen molar-refractivity contribution in [3.8, 4) is 0 Å². The van der Waals surface area contributed by atoms with E-state index >= 15 is 0 Å². The summed E-state index contributed by atoms with van der Waals surface area (Å²) in [6, 6.07) is 7.69. The average molecular weight is 350 g/mol. The molecule has 5 nitrogen and oxygen atoms in total. The Bertz CT molecular complexity index is 858. The van der Waals surface area contributed by atoms with Crippen molar-refractivity contribution in [1.82, 2.24) is 4.98 Å². The minimum atomic E-state index is -0.194. The van der Waals surface area contributed by atoms with Crippen LogP contribution >= 0.6 is 23.7 Å².